The lowest BCUT2D eigenvalue weighted by Gasteiger charge is -2.11. The zero-order chi connectivity index (χ0) is 6.41. The van der Waals surface area contributed by atoms with Gasteiger partial charge in [0.2, 0.25) is 0 Å². The minimum atomic E-state index is -0.209. The SMILES string of the molecule is CCC(NC)OCO. The number of hydrogen-bond donors (Lipinski definition) is 2. The standard InChI is InChI=1S/C5H13NO2/c1-3-5(6-2)8-4-7/h5-7H,3-4H2,1-2H3. The van der Waals surface area contributed by atoms with Crippen molar-refractivity contribution in [2.45, 2.75) is 19.6 Å². The normalized spacial score (nSPS) is 13.9. The molecule has 0 aromatic rings. The molecule has 2 N–H and O–H groups in total. The van der Waals surface area contributed by atoms with Crippen LogP contribution in [0.15, 0.2) is 0 Å². The molecule has 0 aromatic heterocycles. The number of ether oxygens (including phenoxy) is 1. The molecule has 0 bridgehead atoms. The Morgan fingerprint density at radius 2 is 2.38 bits per heavy atom. The Balaban J connectivity index is 3.07. The van der Waals surface area contributed by atoms with Gasteiger partial charge in [0, 0.05) is 0 Å². The first-order valence-electron chi connectivity index (χ1n) is 2.74. The van der Waals surface area contributed by atoms with Crippen LogP contribution in [0.5, 0.6) is 0 Å². The van der Waals surface area contributed by atoms with Crippen molar-refractivity contribution >= 4 is 0 Å². The van der Waals surface area contributed by atoms with E-state index in [1.54, 1.807) is 7.05 Å². The third-order valence-corrected chi connectivity index (χ3v) is 0.968. The predicted molar refractivity (Wildman–Crippen MR) is 31.3 cm³/mol. The predicted octanol–water partition coefficient (Wildman–Crippen LogP) is -0.0917. The molecule has 0 saturated heterocycles. The lowest BCUT2D eigenvalue weighted by atomic mass is 10.4. The highest BCUT2D eigenvalue weighted by atomic mass is 16.6. The van der Waals surface area contributed by atoms with Crippen molar-refractivity contribution in [2.24, 2.45) is 0 Å². The fourth-order valence-electron chi connectivity index (χ4n) is 0.495. The van der Waals surface area contributed by atoms with Gasteiger partial charge < -0.3 is 9.84 Å². The van der Waals surface area contributed by atoms with Gasteiger partial charge in [-0.1, -0.05) is 6.92 Å². The Morgan fingerprint density at radius 3 is 2.50 bits per heavy atom. The Morgan fingerprint density at radius 1 is 1.75 bits per heavy atom. The molecule has 1 unspecified atom stereocenters. The van der Waals surface area contributed by atoms with E-state index in [0.29, 0.717) is 0 Å². The maximum absolute atomic E-state index is 8.24. The number of hydrogen-bond acceptors (Lipinski definition) is 3. The maximum atomic E-state index is 8.24. The summed E-state index contributed by atoms with van der Waals surface area (Å²) in [5.41, 5.74) is 0. The van der Waals surface area contributed by atoms with Gasteiger partial charge in [0.05, 0.1) is 0 Å². The number of aliphatic hydroxyl groups is 1. The van der Waals surface area contributed by atoms with Gasteiger partial charge in [0.25, 0.3) is 0 Å². The van der Waals surface area contributed by atoms with E-state index in [0.717, 1.165) is 6.42 Å². The molecule has 0 amide bonds. The highest BCUT2D eigenvalue weighted by Gasteiger charge is 1.98. The van der Waals surface area contributed by atoms with Gasteiger partial charge in [-0.25, -0.2) is 0 Å². The smallest absolute Gasteiger partial charge is 0.145 e. The minimum absolute atomic E-state index is 0.000000000000000444. The van der Waals surface area contributed by atoms with Crippen molar-refractivity contribution in [3.05, 3.63) is 0 Å². The molecule has 0 radical (unpaired) electrons. The van der Waals surface area contributed by atoms with Gasteiger partial charge in [-0.3, -0.25) is 5.32 Å². The second-order valence-corrected chi connectivity index (χ2v) is 1.48. The van der Waals surface area contributed by atoms with Gasteiger partial charge >= 0.3 is 0 Å². The van der Waals surface area contributed by atoms with E-state index >= 15 is 0 Å². The number of nitrogens with one attached hydrogen (secondary N) is 1. The summed E-state index contributed by atoms with van der Waals surface area (Å²) < 4.78 is 4.78. The van der Waals surface area contributed by atoms with Gasteiger partial charge in [0.15, 0.2) is 0 Å². The topological polar surface area (TPSA) is 41.5 Å². The second-order valence-electron chi connectivity index (χ2n) is 1.48. The first-order valence-corrected chi connectivity index (χ1v) is 2.74. The fourth-order valence-corrected chi connectivity index (χ4v) is 0.495. The summed E-state index contributed by atoms with van der Waals surface area (Å²) in [5, 5.41) is 11.1. The number of aliphatic hydroxyl groups excluding tert-OH is 1. The largest absolute Gasteiger partial charge is 0.371 e. The molecule has 0 rings (SSSR count). The lowest BCUT2D eigenvalue weighted by molar-refractivity contribution is -0.0615. The highest BCUT2D eigenvalue weighted by Crippen LogP contribution is 1.88. The fraction of sp³-hybridized carbons (Fsp3) is 1.00. The summed E-state index contributed by atoms with van der Waals surface area (Å²) in [6.07, 6.45) is 0.872. The summed E-state index contributed by atoms with van der Waals surface area (Å²) in [6, 6.07) is 0. The van der Waals surface area contributed by atoms with E-state index in [2.05, 4.69) is 5.32 Å². The van der Waals surface area contributed by atoms with Crippen LogP contribution in [0.25, 0.3) is 0 Å². The molecule has 3 nitrogen and oxygen atoms in total. The van der Waals surface area contributed by atoms with Gasteiger partial charge in [0.1, 0.15) is 13.0 Å². The van der Waals surface area contributed by atoms with Crippen LogP contribution in [-0.2, 0) is 4.74 Å². The minimum Gasteiger partial charge on any atom is -0.371 e. The van der Waals surface area contributed by atoms with E-state index < -0.39 is 0 Å². The van der Waals surface area contributed by atoms with Crippen molar-refractivity contribution in [2.75, 3.05) is 13.8 Å². The Kier molecular flexibility index (Phi) is 4.95. The zero-order valence-corrected chi connectivity index (χ0v) is 5.35. The molecule has 0 heterocycles. The van der Waals surface area contributed by atoms with E-state index in [1.165, 1.54) is 0 Å². The molecule has 1 atom stereocenters. The van der Waals surface area contributed by atoms with Crippen molar-refractivity contribution < 1.29 is 9.84 Å². The molecular formula is C5H13NO2. The maximum Gasteiger partial charge on any atom is 0.145 e. The van der Waals surface area contributed by atoms with Crippen molar-refractivity contribution in [3.63, 3.8) is 0 Å². The average molecular weight is 119 g/mol. The first kappa shape index (κ1) is 7.88. The molecule has 0 spiro atoms. The van der Waals surface area contributed by atoms with Crippen LogP contribution < -0.4 is 5.32 Å². The van der Waals surface area contributed by atoms with Crippen molar-refractivity contribution in [1.82, 2.24) is 5.32 Å². The molecule has 0 aliphatic carbocycles. The summed E-state index contributed by atoms with van der Waals surface area (Å²) in [4.78, 5) is 0. The molecule has 3 heteroatoms. The van der Waals surface area contributed by atoms with Crippen LogP contribution in [0.2, 0.25) is 0 Å². The van der Waals surface area contributed by atoms with Crippen LogP contribution in [-0.4, -0.2) is 25.2 Å². The summed E-state index contributed by atoms with van der Waals surface area (Å²) in [6.45, 7) is 1.77. The Bertz CT molecular complexity index is 45.7. The third kappa shape index (κ3) is 2.96. The first-order chi connectivity index (χ1) is 3.85. The quantitative estimate of drug-likeness (QED) is 0.508. The van der Waals surface area contributed by atoms with Gasteiger partial charge in [-0.2, -0.15) is 0 Å². The van der Waals surface area contributed by atoms with Crippen LogP contribution >= 0.6 is 0 Å². The van der Waals surface area contributed by atoms with Gasteiger partial charge in [-0.15, -0.1) is 0 Å². The lowest BCUT2D eigenvalue weighted by Crippen LogP contribution is -2.27. The molecule has 0 aromatic carbocycles. The van der Waals surface area contributed by atoms with Crippen LogP contribution in [0, 0.1) is 0 Å². The Hall–Kier alpha value is -0.120. The van der Waals surface area contributed by atoms with E-state index in [-0.39, 0.29) is 13.0 Å². The van der Waals surface area contributed by atoms with E-state index in [1.807, 2.05) is 6.92 Å². The number of rotatable bonds is 4. The highest BCUT2D eigenvalue weighted by molar-refractivity contribution is 4.43. The molecular weight excluding hydrogens is 106 g/mol. The van der Waals surface area contributed by atoms with Crippen molar-refractivity contribution in [1.29, 1.82) is 0 Å². The average Bonchev–Trinajstić information content (AvgIpc) is 1.83. The third-order valence-electron chi connectivity index (χ3n) is 0.968. The van der Waals surface area contributed by atoms with Crippen LogP contribution in [0.4, 0.5) is 0 Å². The molecule has 0 aliphatic rings. The van der Waals surface area contributed by atoms with Crippen LogP contribution in [0.1, 0.15) is 13.3 Å². The van der Waals surface area contributed by atoms with Crippen molar-refractivity contribution in [3.8, 4) is 0 Å². The second kappa shape index (κ2) is 5.03. The summed E-state index contributed by atoms with van der Waals surface area (Å²) >= 11 is 0. The summed E-state index contributed by atoms with van der Waals surface area (Å²) in [7, 11) is 1.80. The Labute approximate surface area is 49.7 Å². The molecule has 0 saturated carbocycles. The van der Waals surface area contributed by atoms with Gasteiger partial charge in [-0.05, 0) is 13.5 Å². The van der Waals surface area contributed by atoms with Crippen LogP contribution in [0.3, 0.4) is 0 Å². The van der Waals surface area contributed by atoms with E-state index in [4.69, 9.17) is 9.84 Å². The monoisotopic (exact) mass is 119 g/mol. The molecule has 8 heavy (non-hydrogen) atoms. The van der Waals surface area contributed by atoms with E-state index in [9.17, 15) is 0 Å². The zero-order valence-electron chi connectivity index (χ0n) is 5.35. The summed E-state index contributed by atoms with van der Waals surface area (Å²) in [5.74, 6) is 0. The molecule has 50 valence electrons. The molecule has 0 aliphatic heterocycles. The molecule has 0 fully saturated rings.